The maximum atomic E-state index is 6.41. The van der Waals surface area contributed by atoms with Gasteiger partial charge in [-0.3, -0.25) is 0 Å². The quantitative estimate of drug-likeness (QED) is 0.885. The maximum absolute atomic E-state index is 6.41. The molecule has 2 fully saturated rings. The number of rotatable bonds is 4. The first kappa shape index (κ1) is 12.0. The van der Waals surface area contributed by atoms with E-state index in [4.69, 9.17) is 10.5 Å². The van der Waals surface area contributed by atoms with Crippen LogP contribution < -0.4 is 10.5 Å². The summed E-state index contributed by atoms with van der Waals surface area (Å²) in [5.41, 5.74) is 8.97. The molecule has 3 rings (SSSR count). The van der Waals surface area contributed by atoms with Crippen molar-refractivity contribution in [3.8, 4) is 5.75 Å². The number of hydrogen-bond donors (Lipinski definition) is 1. The van der Waals surface area contributed by atoms with Gasteiger partial charge >= 0.3 is 0 Å². The van der Waals surface area contributed by atoms with Gasteiger partial charge in [0, 0.05) is 6.04 Å². The van der Waals surface area contributed by atoms with Crippen molar-refractivity contribution in [2.24, 2.45) is 23.5 Å². The van der Waals surface area contributed by atoms with Crippen LogP contribution in [0.25, 0.3) is 0 Å². The van der Waals surface area contributed by atoms with Crippen LogP contribution in [0.15, 0.2) is 18.2 Å². The number of methoxy groups -OCH3 is 1. The lowest BCUT2D eigenvalue weighted by atomic mass is 9.90. The molecule has 18 heavy (non-hydrogen) atoms. The summed E-state index contributed by atoms with van der Waals surface area (Å²) in [6.45, 7) is 2.12. The third kappa shape index (κ3) is 2.26. The standard InChI is InChI=1S/C16H23NO/c1-10-3-4-16(18-2)14(5-10)9-15(17)13-7-11-6-12(11)8-13/h3-5,11-13,15H,6-9,17H2,1-2H3. The van der Waals surface area contributed by atoms with Gasteiger partial charge in [0.05, 0.1) is 7.11 Å². The van der Waals surface area contributed by atoms with Crippen LogP contribution in [0.4, 0.5) is 0 Å². The maximum Gasteiger partial charge on any atom is 0.122 e. The Kier molecular flexibility index (Phi) is 3.06. The molecule has 1 aromatic rings. The fraction of sp³-hybridized carbons (Fsp3) is 0.625. The number of nitrogens with two attached hydrogens (primary N) is 1. The molecule has 2 heteroatoms. The zero-order valence-corrected chi connectivity index (χ0v) is 11.4. The van der Waals surface area contributed by atoms with Crippen LogP contribution in [0, 0.1) is 24.7 Å². The van der Waals surface area contributed by atoms with Gasteiger partial charge in [0.2, 0.25) is 0 Å². The summed E-state index contributed by atoms with van der Waals surface area (Å²) >= 11 is 0. The van der Waals surface area contributed by atoms with Crippen molar-refractivity contribution in [2.45, 2.75) is 38.6 Å². The molecule has 0 aromatic heterocycles. The molecule has 2 saturated carbocycles. The van der Waals surface area contributed by atoms with E-state index in [1.54, 1.807) is 7.11 Å². The highest BCUT2D eigenvalue weighted by molar-refractivity contribution is 5.37. The molecule has 0 bridgehead atoms. The number of fused-ring (bicyclic) bond motifs is 1. The topological polar surface area (TPSA) is 35.2 Å². The molecule has 98 valence electrons. The molecule has 0 spiro atoms. The molecule has 2 nitrogen and oxygen atoms in total. The van der Waals surface area contributed by atoms with E-state index in [2.05, 4.69) is 25.1 Å². The van der Waals surface area contributed by atoms with Gasteiger partial charge in [-0.05, 0) is 62.0 Å². The van der Waals surface area contributed by atoms with Crippen molar-refractivity contribution >= 4 is 0 Å². The minimum Gasteiger partial charge on any atom is -0.496 e. The van der Waals surface area contributed by atoms with Gasteiger partial charge in [-0.25, -0.2) is 0 Å². The molecular weight excluding hydrogens is 222 g/mol. The number of ether oxygens (including phenoxy) is 1. The molecular formula is C16H23NO. The van der Waals surface area contributed by atoms with Crippen LogP contribution in [-0.4, -0.2) is 13.2 Å². The van der Waals surface area contributed by atoms with E-state index in [1.165, 1.54) is 30.4 Å². The molecule has 3 atom stereocenters. The fourth-order valence-electron chi connectivity index (χ4n) is 3.60. The van der Waals surface area contributed by atoms with Crippen molar-refractivity contribution in [3.63, 3.8) is 0 Å². The molecule has 0 amide bonds. The average Bonchev–Trinajstić information content (AvgIpc) is 2.96. The second-order valence-corrected chi connectivity index (χ2v) is 6.17. The number of benzene rings is 1. The summed E-state index contributed by atoms with van der Waals surface area (Å²) in [6, 6.07) is 6.67. The van der Waals surface area contributed by atoms with Gasteiger partial charge in [-0.1, -0.05) is 17.7 Å². The van der Waals surface area contributed by atoms with Gasteiger partial charge in [0.25, 0.3) is 0 Å². The molecule has 2 N–H and O–H groups in total. The Balaban J connectivity index is 1.69. The van der Waals surface area contributed by atoms with Crippen LogP contribution >= 0.6 is 0 Å². The fourth-order valence-corrected chi connectivity index (χ4v) is 3.60. The first-order chi connectivity index (χ1) is 8.67. The SMILES string of the molecule is COc1ccc(C)cc1CC(N)C1CC2CC2C1. The zero-order valence-electron chi connectivity index (χ0n) is 11.4. The molecule has 1 aromatic carbocycles. The highest BCUT2D eigenvalue weighted by Crippen LogP contribution is 2.55. The molecule has 3 unspecified atom stereocenters. The minimum absolute atomic E-state index is 0.300. The van der Waals surface area contributed by atoms with Gasteiger partial charge in [0.1, 0.15) is 5.75 Å². The molecule has 2 aliphatic rings. The normalized spacial score (nSPS) is 30.9. The summed E-state index contributed by atoms with van der Waals surface area (Å²) in [4.78, 5) is 0. The van der Waals surface area contributed by atoms with Crippen LogP contribution in [0.2, 0.25) is 0 Å². The second kappa shape index (κ2) is 4.58. The van der Waals surface area contributed by atoms with Gasteiger partial charge < -0.3 is 10.5 Å². The Morgan fingerprint density at radius 3 is 2.67 bits per heavy atom. The first-order valence-corrected chi connectivity index (χ1v) is 7.06. The monoisotopic (exact) mass is 245 g/mol. The van der Waals surface area contributed by atoms with Crippen LogP contribution in [-0.2, 0) is 6.42 Å². The van der Waals surface area contributed by atoms with Crippen molar-refractivity contribution in [1.29, 1.82) is 0 Å². The van der Waals surface area contributed by atoms with Crippen molar-refractivity contribution in [3.05, 3.63) is 29.3 Å². The number of aryl methyl sites for hydroxylation is 1. The Hall–Kier alpha value is -1.02. The third-order valence-corrected chi connectivity index (χ3v) is 4.78. The zero-order chi connectivity index (χ0) is 12.7. The Labute approximate surface area is 110 Å². The Morgan fingerprint density at radius 1 is 1.28 bits per heavy atom. The highest BCUT2D eigenvalue weighted by Gasteiger charge is 2.47. The molecule has 0 aliphatic heterocycles. The van der Waals surface area contributed by atoms with Crippen molar-refractivity contribution in [1.82, 2.24) is 0 Å². The van der Waals surface area contributed by atoms with E-state index in [0.29, 0.717) is 6.04 Å². The van der Waals surface area contributed by atoms with E-state index in [-0.39, 0.29) is 0 Å². The third-order valence-electron chi connectivity index (χ3n) is 4.78. The lowest BCUT2D eigenvalue weighted by Crippen LogP contribution is -2.31. The predicted octanol–water partition coefficient (Wildman–Crippen LogP) is 2.92. The second-order valence-electron chi connectivity index (χ2n) is 6.17. The number of hydrogen-bond acceptors (Lipinski definition) is 2. The first-order valence-electron chi connectivity index (χ1n) is 7.06. The van der Waals surface area contributed by atoms with Crippen LogP contribution in [0.1, 0.15) is 30.4 Å². The van der Waals surface area contributed by atoms with Crippen molar-refractivity contribution in [2.75, 3.05) is 7.11 Å². The van der Waals surface area contributed by atoms with Crippen LogP contribution in [0.3, 0.4) is 0 Å². The summed E-state index contributed by atoms with van der Waals surface area (Å²) in [5.74, 6) is 3.75. The minimum atomic E-state index is 0.300. The van der Waals surface area contributed by atoms with E-state index < -0.39 is 0 Å². The van der Waals surface area contributed by atoms with E-state index in [1.807, 2.05) is 0 Å². The summed E-state index contributed by atoms with van der Waals surface area (Å²) in [7, 11) is 1.74. The van der Waals surface area contributed by atoms with Gasteiger partial charge in [-0.2, -0.15) is 0 Å². The molecule has 2 aliphatic carbocycles. The lowest BCUT2D eigenvalue weighted by molar-refractivity contribution is 0.378. The highest BCUT2D eigenvalue weighted by atomic mass is 16.5. The molecule has 0 heterocycles. The molecule has 0 saturated heterocycles. The van der Waals surface area contributed by atoms with Gasteiger partial charge in [-0.15, -0.1) is 0 Å². The van der Waals surface area contributed by atoms with E-state index >= 15 is 0 Å². The largest absolute Gasteiger partial charge is 0.496 e. The van der Waals surface area contributed by atoms with Crippen molar-refractivity contribution < 1.29 is 4.74 Å². The molecule has 0 radical (unpaired) electrons. The van der Waals surface area contributed by atoms with Gasteiger partial charge in [0.15, 0.2) is 0 Å². The lowest BCUT2D eigenvalue weighted by Gasteiger charge is -2.21. The predicted molar refractivity (Wildman–Crippen MR) is 73.7 cm³/mol. The Morgan fingerprint density at radius 2 is 2.00 bits per heavy atom. The van der Waals surface area contributed by atoms with Crippen LogP contribution in [0.5, 0.6) is 5.75 Å². The van der Waals surface area contributed by atoms with E-state index in [9.17, 15) is 0 Å². The average molecular weight is 245 g/mol. The summed E-state index contributed by atoms with van der Waals surface area (Å²) in [5, 5.41) is 0. The van der Waals surface area contributed by atoms with E-state index in [0.717, 1.165) is 29.9 Å². The smallest absolute Gasteiger partial charge is 0.122 e. The Bertz CT molecular complexity index is 433. The summed E-state index contributed by atoms with van der Waals surface area (Å²) < 4.78 is 5.44. The summed E-state index contributed by atoms with van der Waals surface area (Å²) in [6.07, 6.45) is 5.14.